The van der Waals surface area contributed by atoms with Gasteiger partial charge in [0.25, 0.3) is 0 Å². The van der Waals surface area contributed by atoms with E-state index in [0.29, 0.717) is 19.6 Å². The Balaban J connectivity index is 4.14. The van der Waals surface area contributed by atoms with E-state index >= 15 is 0 Å². The van der Waals surface area contributed by atoms with Crippen molar-refractivity contribution in [2.45, 2.75) is 32.7 Å². The Bertz CT molecular complexity index is 217. The Morgan fingerprint density at radius 1 is 1.40 bits per heavy atom. The first kappa shape index (κ1) is 13.9. The van der Waals surface area contributed by atoms with Crippen LogP contribution in [0.5, 0.6) is 0 Å². The third kappa shape index (κ3) is 5.37. The van der Waals surface area contributed by atoms with Crippen molar-refractivity contribution in [3.63, 3.8) is 0 Å². The van der Waals surface area contributed by atoms with Crippen molar-refractivity contribution in [2.24, 2.45) is 0 Å². The first-order valence-electron chi connectivity index (χ1n) is 5.11. The Labute approximate surface area is 90.0 Å². The van der Waals surface area contributed by atoms with E-state index in [1.54, 1.807) is 18.9 Å². The highest BCUT2D eigenvalue weighted by Crippen LogP contribution is 2.05. The lowest BCUT2D eigenvalue weighted by Crippen LogP contribution is -2.40. The Morgan fingerprint density at radius 2 is 2.00 bits per heavy atom. The number of rotatable bonds is 7. The SMILES string of the molecule is CCOC(=O)C(CC)N(C)CCC(=O)O. The molecule has 0 rings (SSSR count). The molecule has 0 amide bonds. The van der Waals surface area contributed by atoms with Crippen molar-refractivity contribution in [2.75, 3.05) is 20.2 Å². The van der Waals surface area contributed by atoms with Gasteiger partial charge in [0.1, 0.15) is 6.04 Å². The molecule has 0 bridgehead atoms. The van der Waals surface area contributed by atoms with Crippen molar-refractivity contribution < 1.29 is 19.4 Å². The van der Waals surface area contributed by atoms with E-state index in [-0.39, 0.29) is 18.4 Å². The molecule has 1 unspecified atom stereocenters. The van der Waals surface area contributed by atoms with Gasteiger partial charge >= 0.3 is 11.9 Å². The highest BCUT2D eigenvalue weighted by Gasteiger charge is 2.22. The van der Waals surface area contributed by atoms with Crippen LogP contribution in [0.15, 0.2) is 0 Å². The number of carboxylic acids is 1. The quantitative estimate of drug-likeness (QED) is 0.637. The van der Waals surface area contributed by atoms with Crippen LogP contribution in [0, 0.1) is 0 Å². The Morgan fingerprint density at radius 3 is 2.40 bits per heavy atom. The monoisotopic (exact) mass is 217 g/mol. The summed E-state index contributed by atoms with van der Waals surface area (Å²) in [5.74, 6) is -1.14. The second-order valence-electron chi connectivity index (χ2n) is 3.30. The zero-order valence-electron chi connectivity index (χ0n) is 9.52. The summed E-state index contributed by atoms with van der Waals surface area (Å²) in [7, 11) is 1.73. The van der Waals surface area contributed by atoms with Crippen LogP contribution in [0.3, 0.4) is 0 Å². The number of aliphatic carboxylic acids is 1. The predicted octanol–water partition coefficient (Wildman–Crippen LogP) is 0.735. The molecule has 0 aliphatic heterocycles. The largest absolute Gasteiger partial charge is 0.481 e. The zero-order chi connectivity index (χ0) is 11.8. The number of ether oxygens (including phenoxy) is 1. The first-order valence-corrected chi connectivity index (χ1v) is 5.11. The van der Waals surface area contributed by atoms with Crippen LogP contribution in [0.2, 0.25) is 0 Å². The van der Waals surface area contributed by atoms with E-state index in [4.69, 9.17) is 9.84 Å². The summed E-state index contributed by atoms with van der Waals surface area (Å²) >= 11 is 0. The summed E-state index contributed by atoms with van der Waals surface area (Å²) in [5.41, 5.74) is 0. The van der Waals surface area contributed by atoms with E-state index in [0.717, 1.165) is 0 Å². The molecule has 0 aromatic carbocycles. The van der Waals surface area contributed by atoms with E-state index in [2.05, 4.69) is 0 Å². The van der Waals surface area contributed by atoms with Gasteiger partial charge in [-0.25, -0.2) is 0 Å². The number of carbonyl (C=O) groups excluding carboxylic acids is 1. The van der Waals surface area contributed by atoms with Gasteiger partial charge in [0.05, 0.1) is 13.0 Å². The molecule has 1 N–H and O–H groups in total. The molecule has 0 fully saturated rings. The maximum Gasteiger partial charge on any atom is 0.323 e. The summed E-state index contributed by atoms with van der Waals surface area (Å²) in [5, 5.41) is 8.52. The number of carboxylic acid groups (broad SMARTS) is 1. The fraction of sp³-hybridized carbons (Fsp3) is 0.800. The molecule has 5 heteroatoms. The van der Waals surface area contributed by atoms with E-state index in [1.165, 1.54) is 0 Å². The van der Waals surface area contributed by atoms with Crippen molar-refractivity contribution in [1.82, 2.24) is 4.90 Å². The van der Waals surface area contributed by atoms with E-state index in [1.807, 2.05) is 6.92 Å². The van der Waals surface area contributed by atoms with Gasteiger partial charge in [0, 0.05) is 6.54 Å². The van der Waals surface area contributed by atoms with Gasteiger partial charge < -0.3 is 9.84 Å². The topological polar surface area (TPSA) is 66.8 Å². The second-order valence-corrected chi connectivity index (χ2v) is 3.30. The van der Waals surface area contributed by atoms with Crippen LogP contribution in [-0.2, 0) is 14.3 Å². The summed E-state index contributed by atoms with van der Waals surface area (Å²) in [6, 6.07) is -0.343. The smallest absolute Gasteiger partial charge is 0.323 e. The van der Waals surface area contributed by atoms with Gasteiger partial charge in [0.15, 0.2) is 0 Å². The number of hydrogen-bond acceptors (Lipinski definition) is 4. The predicted molar refractivity (Wildman–Crippen MR) is 55.6 cm³/mol. The fourth-order valence-corrected chi connectivity index (χ4v) is 1.32. The van der Waals surface area contributed by atoms with Gasteiger partial charge in [-0.3, -0.25) is 14.5 Å². The average molecular weight is 217 g/mol. The zero-order valence-corrected chi connectivity index (χ0v) is 9.52. The molecule has 1 atom stereocenters. The first-order chi connectivity index (χ1) is 7.02. The van der Waals surface area contributed by atoms with E-state index in [9.17, 15) is 9.59 Å². The Kier molecular flexibility index (Phi) is 6.70. The van der Waals surface area contributed by atoms with Crippen LogP contribution >= 0.6 is 0 Å². The molecule has 0 heterocycles. The van der Waals surface area contributed by atoms with Gasteiger partial charge in [0.2, 0.25) is 0 Å². The summed E-state index contributed by atoms with van der Waals surface area (Å²) in [6.07, 6.45) is 0.654. The molecule has 15 heavy (non-hydrogen) atoms. The molecule has 0 radical (unpaired) electrons. The molecule has 0 spiro atoms. The normalized spacial score (nSPS) is 12.5. The van der Waals surface area contributed by atoms with E-state index < -0.39 is 5.97 Å². The van der Waals surface area contributed by atoms with Gasteiger partial charge in [-0.2, -0.15) is 0 Å². The molecule has 0 aromatic rings. The van der Waals surface area contributed by atoms with Crippen LogP contribution in [0.4, 0.5) is 0 Å². The molecule has 0 aromatic heterocycles. The van der Waals surface area contributed by atoms with Crippen LogP contribution < -0.4 is 0 Å². The maximum atomic E-state index is 11.4. The molecule has 0 aliphatic carbocycles. The molecule has 5 nitrogen and oxygen atoms in total. The van der Waals surface area contributed by atoms with Crippen LogP contribution in [0.1, 0.15) is 26.7 Å². The minimum atomic E-state index is -0.861. The molecule has 0 saturated carbocycles. The minimum absolute atomic E-state index is 0.0341. The summed E-state index contributed by atoms with van der Waals surface area (Å²) < 4.78 is 4.89. The lowest BCUT2D eigenvalue weighted by atomic mass is 10.2. The lowest BCUT2D eigenvalue weighted by Gasteiger charge is -2.24. The molecule has 0 aliphatic rings. The van der Waals surface area contributed by atoms with Crippen LogP contribution in [0.25, 0.3) is 0 Å². The van der Waals surface area contributed by atoms with Crippen molar-refractivity contribution in [3.05, 3.63) is 0 Å². The molecular weight excluding hydrogens is 198 g/mol. The lowest BCUT2D eigenvalue weighted by molar-refractivity contribution is -0.150. The highest BCUT2D eigenvalue weighted by molar-refractivity contribution is 5.75. The molecule has 88 valence electrons. The summed E-state index contributed by atoms with van der Waals surface area (Å²) in [6.45, 7) is 4.33. The standard InChI is InChI=1S/C10H19NO4/c1-4-8(10(14)15-5-2)11(3)7-6-9(12)13/h8H,4-7H2,1-3H3,(H,12,13). The van der Waals surface area contributed by atoms with Gasteiger partial charge in [-0.15, -0.1) is 0 Å². The Hall–Kier alpha value is -1.10. The number of nitrogens with zero attached hydrogens (tertiary/aromatic N) is 1. The number of hydrogen-bond donors (Lipinski definition) is 1. The highest BCUT2D eigenvalue weighted by atomic mass is 16.5. The van der Waals surface area contributed by atoms with Crippen molar-refractivity contribution >= 4 is 11.9 Å². The summed E-state index contributed by atoms with van der Waals surface area (Å²) in [4.78, 5) is 23.5. The van der Waals surface area contributed by atoms with Crippen molar-refractivity contribution in [3.8, 4) is 0 Å². The number of carbonyl (C=O) groups is 2. The van der Waals surface area contributed by atoms with Crippen molar-refractivity contribution in [1.29, 1.82) is 0 Å². The third-order valence-corrected chi connectivity index (χ3v) is 2.16. The maximum absolute atomic E-state index is 11.4. The molecule has 0 saturated heterocycles. The third-order valence-electron chi connectivity index (χ3n) is 2.16. The molecular formula is C10H19NO4. The van der Waals surface area contributed by atoms with Gasteiger partial charge in [-0.05, 0) is 20.4 Å². The number of esters is 1. The number of likely N-dealkylation sites (N-methyl/N-ethyl adjacent to an activating group) is 1. The second kappa shape index (κ2) is 7.23. The average Bonchev–Trinajstić information content (AvgIpc) is 2.16. The van der Waals surface area contributed by atoms with Crippen LogP contribution in [-0.4, -0.2) is 48.2 Å². The minimum Gasteiger partial charge on any atom is -0.481 e. The van der Waals surface area contributed by atoms with Gasteiger partial charge in [-0.1, -0.05) is 6.92 Å². The fourth-order valence-electron chi connectivity index (χ4n) is 1.32.